The van der Waals surface area contributed by atoms with Crippen LogP contribution < -0.4 is 0 Å². The standard InChI is InChI=1S/C14H15ClN4/c1-10-17-6-12-9-19(5-3-14(12)18-10)8-11-2-4-16-7-13(11)15/h2,4,6-7H,3,5,8-9H2,1H3. The topological polar surface area (TPSA) is 41.9 Å². The van der Waals surface area contributed by atoms with E-state index in [9.17, 15) is 0 Å². The number of nitrogens with zero attached hydrogens (tertiary/aromatic N) is 4. The van der Waals surface area contributed by atoms with Gasteiger partial charge in [-0.3, -0.25) is 9.88 Å². The second-order valence-electron chi connectivity index (χ2n) is 4.82. The van der Waals surface area contributed by atoms with Crippen molar-refractivity contribution in [2.24, 2.45) is 0 Å². The van der Waals surface area contributed by atoms with Crippen LogP contribution in [0.3, 0.4) is 0 Å². The Morgan fingerprint density at radius 1 is 1.37 bits per heavy atom. The first-order chi connectivity index (χ1) is 9.22. The fourth-order valence-electron chi connectivity index (χ4n) is 2.38. The van der Waals surface area contributed by atoms with Crippen LogP contribution in [-0.2, 0) is 19.5 Å². The third-order valence-electron chi connectivity index (χ3n) is 3.38. The van der Waals surface area contributed by atoms with Crippen molar-refractivity contribution >= 4 is 11.6 Å². The molecule has 19 heavy (non-hydrogen) atoms. The van der Waals surface area contributed by atoms with Gasteiger partial charge in [0.2, 0.25) is 0 Å². The van der Waals surface area contributed by atoms with Crippen LogP contribution in [0.4, 0.5) is 0 Å². The smallest absolute Gasteiger partial charge is 0.125 e. The molecular formula is C14H15ClN4. The van der Waals surface area contributed by atoms with Crippen LogP contribution in [-0.4, -0.2) is 26.4 Å². The van der Waals surface area contributed by atoms with E-state index in [0.717, 1.165) is 42.5 Å². The zero-order valence-corrected chi connectivity index (χ0v) is 11.6. The van der Waals surface area contributed by atoms with Crippen LogP contribution in [0.25, 0.3) is 0 Å². The largest absolute Gasteiger partial charge is 0.294 e. The Bertz CT molecular complexity index is 600. The molecule has 3 rings (SSSR count). The first-order valence-electron chi connectivity index (χ1n) is 6.34. The predicted molar refractivity (Wildman–Crippen MR) is 73.8 cm³/mol. The summed E-state index contributed by atoms with van der Waals surface area (Å²) in [6.45, 7) is 4.66. The van der Waals surface area contributed by atoms with Gasteiger partial charge in [0.15, 0.2) is 0 Å². The van der Waals surface area contributed by atoms with Crippen molar-refractivity contribution in [3.8, 4) is 0 Å². The maximum atomic E-state index is 6.15. The molecule has 98 valence electrons. The van der Waals surface area contributed by atoms with Gasteiger partial charge in [-0.1, -0.05) is 11.6 Å². The van der Waals surface area contributed by atoms with Crippen LogP contribution in [0.2, 0.25) is 5.02 Å². The fraction of sp³-hybridized carbons (Fsp3) is 0.357. The van der Waals surface area contributed by atoms with Crippen molar-refractivity contribution in [2.45, 2.75) is 26.4 Å². The summed E-state index contributed by atoms with van der Waals surface area (Å²) in [5.74, 6) is 0.851. The number of hydrogen-bond donors (Lipinski definition) is 0. The summed E-state index contributed by atoms with van der Waals surface area (Å²) in [6, 6.07) is 1.98. The number of halogens is 1. The number of hydrogen-bond acceptors (Lipinski definition) is 4. The van der Waals surface area contributed by atoms with E-state index < -0.39 is 0 Å². The van der Waals surface area contributed by atoms with Gasteiger partial charge in [-0.2, -0.15) is 0 Å². The van der Waals surface area contributed by atoms with E-state index >= 15 is 0 Å². The van der Waals surface area contributed by atoms with E-state index in [-0.39, 0.29) is 0 Å². The molecule has 0 radical (unpaired) electrons. The minimum atomic E-state index is 0.730. The first-order valence-corrected chi connectivity index (χ1v) is 6.72. The number of rotatable bonds is 2. The van der Waals surface area contributed by atoms with Gasteiger partial charge in [-0.25, -0.2) is 9.97 Å². The highest BCUT2D eigenvalue weighted by Crippen LogP contribution is 2.21. The minimum absolute atomic E-state index is 0.730. The zero-order chi connectivity index (χ0) is 13.2. The van der Waals surface area contributed by atoms with Crippen molar-refractivity contribution in [2.75, 3.05) is 6.54 Å². The molecule has 0 atom stereocenters. The summed E-state index contributed by atoms with van der Waals surface area (Å²) in [5, 5.41) is 0.730. The summed E-state index contributed by atoms with van der Waals surface area (Å²) in [7, 11) is 0. The van der Waals surface area contributed by atoms with Crippen molar-refractivity contribution in [3.05, 3.63) is 52.3 Å². The Morgan fingerprint density at radius 3 is 3.11 bits per heavy atom. The second kappa shape index (κ2) is 5.23. The third kappa shape index (κ3) is 2.74. The van der Waals surface area contributed by atoms with E-state index in [2.05, 4.69) is 19.9 Å². The fourth-order valence-corrected chi connectivity index (χ4v) is 2.56. The second-order valence-corrected chi connectivity index (χ2v) is 5.22. The summed E-state index contributed by atoms with van der Waals surface area (Å²) in [5.41, 5.74) is 3.53. The highest BCUT2D eigenvalue weighted by Gasteiger charge is 2.18. The summed E-state index contributed by atoms with van der Waals surface area (Å²) in [4.78, 5) is 15.2. The van der Waals surface area contributed by atoms with Crippen molar-refractivity contribution in [1.82, 2.24) is 19.9 Å². The molecule has 4 nitrogen and oxygen atoms in total. The van der Waals surface area contributed by atoms with E-state index in [0.29, 0.717) is 0 Å². The summed E-state index contributed by atoms with van der Waals surface area (Å²) in [6.07, 6.45) is 6.40. The number of aromatic nitrogens is 3. The van der Waals surface area contributed by atoms with Gasteiger partial charge < -0.3 is 0 Å². The molecule has 0 aliphatic carbocycles. The van der Waals surface area contributed by atoms with Gasteiger partial charge in [0, 0.05) is 55.9 Å². The van der Waals surface area contributed by atoms with Gasteiger partial charge in [-0.15, -0.1) is 0 Å². The van der Waals surface area contributed by atoms with Crippen molar-refractivity contribution in [1.29, 1.82) is 0 Å². The average Bonchev–Trinajstić information content (AvgIpc) is 2.41. The average molecular weight is 275 g/mol. The third-order valence-corrected chi connectivity index (χ3v) is 3.72. The monoisotopic (exact) mass is 274 g/mol. The van der Waals surface area contributed by atoms with Gasteiger partial charge in [0.1, 0.15) is 5.82 Å². The molecule has 3 heterocycles. The molecule has 2 aromatic heterocycles. The van der Waals surface area contributed by atoms with E-state index in [1.165, 1.54) is 11.3 Å². The summed E-state index contributed by atoms with van der Waals surface area (Å²) >= 11 is 6.15. The van der Waals surface area contributed by atoms with Gasteiger partial charge in [0.05, 0.1) is 5.02 Å². The molecule has 0 bridgehead atoms. The van der Waals surface area contributed by atoms with Crippen molar-refractivity contribution < 1.29 is 0 Å². The molecule has 0 fully saturated rings. The molecule has 0 aromatic carbocycles. The molecule has 1 aliphatic rings. The van der Waals surface area contributed by atoms with Crippen LogP contribution in [0.15, 0.2) is 24.7 Å². The molecule has 1 aliphatic heterocycles. The Balaban J connectivity index is 1.76. The quantitative estimate of drug-likeness (QED) is 0.843. The van der Waals surface area contributed by atoms with Gasteiger partial charge in [0.25, 0.3) is 0 Å². The Hall–Kier alpha value is -1.52. The number of pyridine rings is 1. The lowest BCUT2D eigenvalue weighted by molar-refractivity contribution is 0.242. The normalized spacial score (nSPS) is 15.3. The van der Waals surface area contributed by atoms with Crippen LogP contribution >= 0.6 is 11.6 Å². The minimum Gasteiger partial charge on any atom is -0.294 e. The predicted octanol–water partition coefficient (Wildman–Crippen LogP) is 2.39. The lowest BCUT2D eigenvalue weighted by Gasteiger charge is -2.28. The molecular weight excluding hydrogens is 260 g/mol. The molecule has 0 saturated heterocycles. The lowest BCUT2D eigenvalue weighted by atomic mass is 10.1. The highest BCUT2D eigenvalue weighted by molar-refractivity contribution is 6.31. The van der Waals surface area contributed by atoms with Crippen molar-refractivity contribution in [3.63, 3.8) is 0 Å². The van der Waals surface area contributed by atoms with Crippen LogP contribution in [0.1, 0.15) is 22.6 Å². The summed E-state index contributed by atoms with van der Waals surface area (Å²) < 4.78 is 0. The Morgan fingerprint density at radius 2 is 2.26 bits per heavy atom. The van der Waals surface area contributed by atoms with E-state index in [4.69, 9.17) is 11.6 Å². The Labute approximate surface area is 117 Å². The van der Waals surface area contributed by atoms with Gasteiger partial charge >= 0.3 is 0 Å². The first kappa shape index (κ1) is 12.5. The molecule has 0 amide bonds. The molecule has 0 saturated carbocycles. The molecule has 0 N–H and O–H groups in total. The van der Waals surface area contributed by atoms with E-state index in [1.807, 2.05) is 19.2 Å². The lowest BCUT2D eigenvalue weighted by Crippen LogP contribution is -2.31. The number of aryl methyl sites for hydroxylation is 1. The highest BCUT2D eigenvalue weighted by atomic mass is 35.5. The van der Waals surface area contributed by atoms with Gasteiger partial charge in [-0.05, 0) is 18.6 Å². The molecule has 0 unspecified atom stereocenters. The maximum Gasteiger partial charge on any atom is 0.125 e. The molecule has 0 spiro atoms. The van der Waals surface area contributed by atoms with E-state index in [1.54, 1.807) is 12.4 Å². The van der Waals surface area contributed by atoms with Crippen LogP contribution in [0, 0.1) is 6.92 Å². The SMILES string of the molecule is Cc1ncc2c(n1)CCN(Cc1ccncc1Cl)C2. The molecule has 2 aromatic rings. The number of fused-ring (bicyclic) bond motifs is 1. The zero-order valence-electron chi connectivity index (χ0n) is 10.8. The Kier molecular flexibility index (Phi) is 3.44. The van der Waals surface area contributed by atoms with Crippen LogP contribution in [0.5, 0.6) is 0 Å². The molecule has 5 heteroatoms. The maximum absolute atomic E-state index is 6.15.